The first kappa shape index (κ1) is 15.8. The molecule has 2 rings (SSSR count). The molecule has 0 spiro atoms. The molecule has 2 aromatic carbocycles. The highest BCUT2D eigenvalue weighted by Crippen LogP contribution is 2.31. The molecule has 2 N–H and O–H groups in total. The molecule has 0 aliphatic rings. The fraction of sp³-hybridized carbons (Fsp3) is 0.143. The standard InChI is InChI=1S/C14H13BrFNO3S/c1-8-3-5-12(9(2)14(8)18)17-21(19,20)13-6-4-10(16)7-11(13)15/h3-7,17-18H,1-2H3. The summed E-state index contributed by atoms with van der Waals surface area (Å²) in [6.45, 7) is 3.33. The van der Waals surface area contributed by atoms with Crippen LogP contribution in [0.4, 0.5) is 10.1 Å². The Kier molecular flexibility index (Phi) is 4.25. The first-order valence-corrected chi connectivity index (χ1v) is 8.27. The number of aryl methyl sites for hydroxylation is 1. The van der Waals surface area contributed by atoms with Crippen molar-refractivity contribution < 1.29 is 17.9 Å². The van der Waals surface area contributed by atoms with Gasteiger partial charge in [-0.05, 0) is 59.6 Å². The molecule has 0 heterocycles. The molecule has 0 fully saturated rings. The highest BCUT2D eigenvalue weighted by molar-refractivity contribution is 9.10. The van der Waals surface area contributed by atoms with E-state index in [1.165, 1.54) is 6.07 Å². The number of halogens is 2. The van der Waals surface area contributed by atoms with E-state index in [1.807, 2.05) is 0 Å². The molecule has 0 bridgehead atoms. The summed E-state index contributed by atoms with van der Waals surface area (Å²) in [5, 5.41) is 9.85. The summed E-state index contributed by atoms with van der Waals surface area (Å²) < 4.78 is 40.2. The Morgan fingerprint density at radius 1 is 1.19 bits per heavy atom. The Morgan fingerprint density at radius 3 is 2.48 bits per heavy atom. The molecule has 0 unspecified atom stereocenters. The molecule has 0 amide bonds. The molecule has 7 heteroatoms. The number of nitrogens with one attached hydrogen (secondary N) is 1. The predicted molar refractivity (Wildman–Crippen MR) is 82.5 cm³/mol. The van der Waals surface area contributed by atoms with E-state index in [4.69, 9.17) is 0 Å². The Balaban J connectivity index is 2.45. The van der Waals surface area contributed by atoms with Gasteiger partial charge in [-0.2, -0.15) is 0 Å². The number of aromatic hydroxyl groups is 1. The van der Waals surface area contributed by atoms with Crippen molar-refractivity contribution in [2.24, 2.45) is 0 Å². The molecular formula is C14H13BrFNO3S. The van der Waals surface area contributed by atoms with Crippen molar-refractivity contribution >= 4 is 31.6 Å². The molecule has 4 nitrogen and oxygen atoms in total. The zero-order chi connectivity index (χ0) is 15.8. The summed E-state index contributed by atoms with van der Waals surface area (Å²) in [5.41, 5.74) is 1.35. The van der Waals surface area contributed by atoms with Crippen LogP contribution in [-0.2, 0) is 10.0 Å². The lowest BCUT2D eigenvalue weighted by atomic mass is 10.1. The highest BCUT2D eigenvalue weighted by Gasteiger charge is 2.20. The van der Waals surface area contributed by atoms with Crippen LogP contribution in [0.25, 0.3) is 0 Å². The molecule has 21 heavy (non-hydrogen) atoms. The quantitative estimate of drug-likeness (QED) is 0.861. The van der Waals surface area contributed by atoms with E-state index in [1.54, 1.807) is 26.0 Å². The van der Waals surface area contributed by atoms with Gasteiger partial charge in [0.25, 0.3) is 10.0 Å². The van der Waals surface area contributed by atoms with Crippen molar-refractivity contribution in [3.63, 3.8) is 0 Å². The number of anilines is 1. The second-order valence-corrected chi connectivity index (χ2v) is 7.09. The minimum Gasteiger partial charge on any atom is -0.507 e. The molecule has 2 aromatic rings. The monoisotopic (exact) mass is 373 g/mol. The Hall–Kier alpha value is -1.60. The molecule has 112 valence electrons. The maximum Gasteiger partial charge on any atom is 0.263 e. The number of phenols is 1. The third-order valence-electron chi connectivity index (χ3n) is 3.06. The second-order valence-electron chi connectivity index (χ2n) is 4.58. The first-order valence-electron chi connectivity index (χ1n) is 5.99. The maximum absolute atomic E-state index is 13.0. The number of rotatable bonds is 3. The van der Waals surface area contributed by atoms with Gasteiger partial charge in [0, 0.05) is 10.0 Å². The third-order valence-corrected chi connectivity index (χ3v) is 5.40. The van der Waals surface area contributed by atoms with E-state index in [0.29, 0.717) is 11.1 Å². The minimum atomic E-state index is -3.89. The SMILES string of the molecule is Cc1ccc(NS(=O)(=O)c2ccc(F)cc2Br)c(C)c1O. The minimum absolute atomic E-state index is 0.0355. The molecule has 0 aromatic heterocycles. The van der Waals surface area contributed by atoms with E-state index in [2.05, 4.69) is 20.7 Å². The zero-order valence-corrected chi connectivity index (χ0v) is 13.7. The summed E-state index contributed by atoms with van der Waals surface area (Å²) in [5.74, 6) is -0.502. The fourth-order valence-corrected chi connectivity index (χ4v) is 4.01. The van der Waals surface area contributed by atoms with Crippen molar-refractivity contribution in [2.75, 3.05) is 4.72 Å². The van der Waals surface area contributed by atoms with Gasteiger partial charge in [0.2, 0.25) is 0 Å². The van der Waals surface area contributed by atoms with E-state index in [9.17, 15) is 17.9 Å². The lowest BCUT2D eigenvalue weighted by Gasteiger charge is -2.13. The van der Waals surface area contributed by atoms with Crippen molar-refractivity contribution in [3.05, 3.63) is 51.7 Å². The Labute approximate surface area is 130 Å². The average molecular weight is 374 g/mol. The highest BCUT2D eigenvalue weighted by atomic mass is 79.9. The topological polar surface area (TPSA) is 66.4 Å². The second kappa shape index (κ2) is 5.65. The van der Waals surface area contributed by atoms with Gasteiger partial charge in [-0.3, -0.25) is 4.72 Å². The Morgan fingerprint density at radius 2 is 1.86 bits per heavy atom. The number of phenolic OH excluding ortho intramolecular Hbond substituents is 1. The molecule has 0 atom stereocenters. The van der Waals surface area contributed by atoms with Crippen LogP contribution < -0.4 is 4.72 Å². The van der Waals surface area contributed by atoms with Crippen molar-refractivity contribution in [1.29, 1.82) is 0 Å². The van der Waals surface area contributed by atoms with Crippen LogP contribution in [0.2, 0.25) is 0 Å². The van der Waals surface area contributed by atoms with Gasteiger partial charge < -0.3 is 5.11 Å². The van der Waals surface area contributed by atoms with Crippen LogP contribution in [0, 0.1) is 19.7 Å². The van der Waals surface area contributed by atoms with Crippen LogP contribution in [0.15, 0.2) is 39.7 Å². The summed E-state index contributed by atoms with van der Waals surface area (Å²) in [4.78, 5) is -0.0802. The number of benzene rings is 2. The van der Waals surface area contributed by atoms with E-state index >= 15 is 0 Å². The number of hydrogen-bond acceptors (Lipinski definition) is 3. The molecule has 0 saturated heterocycles. The molecule has 0 aliphatic carbocycles. The largest absolute Gasteiger partial charge is 0.507 e. The fourth-order valence-electron chi connectivity index (χ4n) is 1.84. The number of hydrogen-bond donors (Lipinski definition) is 2. The molecular weight excluding hydrogens is 361 g/mol. The van der Waals surface area contributed by atoms with Gasteiger partial charge in [0.05, 0.1) is 5.69 Å². The van der Waals surface area contributed by atoms with Crippen molar-refractivity contribution in [2.45, 2.75) is 18.7 Å². The van der Waals surface area contributed by atoms with Gasteiger partial charge in [0.1, 0.15) is 16.5 Å². The maximum atomic E-state index is 13.0. The summed E-state index contributed by atoms with van der Waals surface area (Å²) in [7, 11) is -3.89. The van der Waals surface area contributed by atoms with Crippen LogP contribution in [-0.4, -0.2) is 13.5 Å². The molecule has 0 radical (unpaired) electrons. The smallest absolute Gasteiger partial charge is 0.263 e. The van der Waals surface area contributed by atoms with Crippen molar-refractivity contribution in [1.82, 2.24) is 0 Å². The number of sulfonamides is 1. The van der Waals surface area contributed by atoms with E-state index in [-0.39, 0.29) is 20.8 Å². The van der Waals surface area contributed by atoms with E-state index < -0.39 is 15.8 Å². The predicted octanol–water partition coefficient (Wildman–Crippen LogP) is 3.71. The van der Waals surface area contributed by atoms with Crippen LogP contribution in [0.5, 0.6) is 5.75 Å². The first-order chi connectivity index (χ1) is 9.72. The summed E-state index contributed by atoms with van der Waals surface area (Å²) in [6, 6.07) is 6.50. The lowest BCUT2D eigenvalue weighted by molar-refractivity contribution is 0.467. The van der Waals surface area contributed by atoms with Crippen LogP contribution in [0.3, 0.4) is 0 Å². The lowest BCUT2D eigenvalue weighted by Crippen LogP contribution is -2.14. The average Bonchev–Trinajstić information content (AvgIpc) is 2.39. The van der Waals surface area contributed by atoms with Gasteiger partial charge in [-0.15, -0.1) is 0 Å². The normalized spacial score (nSPS) is 11.4. The summed E-state index contributed by atoms with van der Waals surface area (Å²) >= 11 is 3.03. The Bertz CT molecular complexity index is 806. The van der Waals surface area contributed by atoms with Crippen molar-refractivity contribution in [3.8, 4) is 5.75 Å². The van der Waals surface area contributed by atoms with Gasteiger partial charge in [-0.25, -0.2) is 12.8 Å². The summed E-state index contributed by atoms with van der Waals surface area (Å²) in [6.07, 6.45) is 0. The van der Waals surface area contributed by atoms with Gasteiger partial charge >= 0.3 is 0 Å². The van der Waals surface area contributed by atoms with Gasteiger partial charge in [-0.1, -0.05) is 6.07 Å². The molecule has 0 aliphatic heterocycles. The van der Waals surface area contributed by atoms with Crippen LogP contribution in [0.1, 0.15) is 11.1 Å². The third kappa shape index (κ3) is 3.19. The van der Waals surface area contributed by atoms with Crippen LogP contribution >= 0.6 is 15.9 Å². The molecule has 0 saturated carbocycles. The zero-order valence-electron chi connectivity index (χ0n) is 11.3. The van der Waals surface area contributed by atoms with Gasteiger partial charge in [0.15, 0.2) is 0 Å². The van der Waals surface area contributed by atoms with E-state index in [0.717, 1.165) is 12.1 Å².